The van der Waals surface area contributed by atoms with E-state index in [9.17, 15) is 14.4 Å². The SMILES string of the molecule is N.N.O=C(O)COC(CC(=O)O)C(=O)O. The van der Waals surface area contributed by atoms with Gasteiger partial charge in [-0.3, -0.25) is 4.79 Å². The molecule has 1 atom stereocenters. The molecule has 0 saturated carbocycles. The molecule has 0 aliphatic carbocycles. The molecule has 0 aliphatic rings. The molecule has 9 N–H and O–H groups in total. The van der Waals surface area contributed by atoms with Crippen molar-refractivity contribution in [2.45, 2.75) is 12.5 Å². The van der Waals surface area contributed by atoms with E-state index in [0.717, 1.165) is 0 Å². The molecular weight excluding hydrogens is 212 g/mol. The predicted octanol–water partition coefficient (Wildman–Crippen LogP) is -0.661. The van der Waals surface area contributed by atoms with Crippen LogP contribution in [0.3, 0.4) is 0 Å². The summed E-state index contributed by atoms with van der Waals surface area (Å²) in [5.41, 5.74) is 0. The Morgan fingerprint density at radius 3 is 1.73 bits per heavy atom. The lowest BCUT2D eigenvalue weighted by atomic mass is 10.2. The Balaban J connectivity index is -0.000000720. The highest BCUT2D eigenvalue weighted by molar-refractivity contribution is 5.80. The Bertz CT molecular complexity index is 230. The molecule has 9 nitrogen and oxygen atoms in total. The number of carboxylic acids is 3. The molecule has 0 fully saturated rings. The van der Waals surface area contributed by atoms with Gasteiger partial charge >= 0.3 is 17.9 Å². The molecule has 0 aliphatic heterocycles. The van der Waals surface area contributed by atoms with Gasteiger partial charge in [0, 0.05) is 0 Å². The smallest absolute Gasteiger partial charge is 0.333 e. The molecule has 0 bridgehead atoms. The zero-order valence-corrected chi connectivity index (χ0v) is 7.88. The van der Waals surface area contributed by atoms with Crippen LogP contribution in [-0.4, -0.2) is 45.9 Å². The van der Waals surface area contributed by atoms with Crippen molar-refractivity contribution in [1.82, 2.24) is 12.3 Å². The fourth-order valence-electron chi connectivity index (χ4n) is 0.548. The highest BCUT2D eigenvalue weighted by atomic mass is 16.5. The van der Waals surface area contributed by atoms with Crippen molar-refractivity contribution in [3.63, 3.8) is 0 Å². The summed E-state index contributed by atoms with van der Waals surface area (Å²) in [6.45, 7) is -0.829. The van der Waals surface area contributed by atoms with Crippen LogP contribution in [0.5, 0.6) is 0 Å². The average molecular weight is 226 g/mol. The summed E-state index contributed by atoms with van der Waals surface area (Å²) in [4.78, 5) is 30.3. The van der Waals surface area contributed by atoms with E-state index in [-0.39, 0.29) is 12.3 Å². The predicted molar refractivity (Wildman–Crippen MR) is 47.3 cm³/mol. The quantitative estimate of drug-likeness (QED) is 0.390. The van der Waals surface area contributed by atoms with E-state index in [4.69, 9.17) is 15.3 Å². The zero-order chi connectivity index (χ0) is 10.4. The largest absolute Gasteiger partial charge is 0.481 e. The molecule has 0 amide bonds. The van der Waals surface area contributed by atoms with Gasteiger partial charge in [0.15, 0.2) is 6.10 Å². The number of rotatable bonds is 6. The standard InChI is InChI=1S/C6H8O7.2H3N/c7-4(8)1-3(6(11)12)13-2-5(9)10;;/h3H,1-2H2,(H,7,8)(H,9,10)(H,11,12);2*1H3. The van der Waals surface area contributed by atoms with Gasteiger partial charge in [0.2, 0.25) is 0 Å². The molecule has 15 heavy (non-hydrogen) atoms. The lowest BCUT2D eigenvalue weighted by Gasteiger charge is -2.08. The Kier molecular flexibility index (Phi) is 11.2. The van der Waals surface area contributed by atoms with Crippen LogP contribution in [0.4, 0.5) is 0 Å². The molecule has 0 spiro atoms. The Hall–Kier alpha value is -1.71. The number of carbonyl (C=O) groups is 3. The van der Waals surface area contributed by atoms with Gasteiger partial charge in [-0.05, 0) is 0 Å². The van der Waals surface area contributed by atoms with Gasteiger partial charge in [-0.15, -0.1) is 0 Å². The van der Waals surface area contributed by atoms with E-state index in [1.54, 1.807) is 0 Å². The van der Waals surface area contributed by atoms with Crippen LogP contribution in [-0.2, 0) is 19.1 Å². The van der Waals surface area contributed by atoms with Gasteiger partial charge < -0.3 is 32.4 Å². The molecule has 0 aromatic heterocycles. The van der Waals surface area contributed by atoms with Crippen LogP contribution in [0.25, 0.3) is 0 Å². The van der Waals surface area contributed by atoms with Crippen molar-refractivity contribution < 1.29 is 34.4 Å². The van der Waals surface area contributed by atoms with E-state index >= 15 is 0 Å². The maximum atomic E-state index is 10.3. The summed E-state index contributed by atoms with van der Waals surface area (Å²) in [5.74, 6) is -4.21. The van der Waals surface area contributed by atoms with E-state index in [1.807, 2.05) is 0 Å². The Morgan fingerprint density at radius 1 is 1.00 bits per heavy atom. The van der Waals surface area contributed by atoms with Crippen molar-refractivity contribution in [3.05, 3.63) is 0 Å². The second-order valence-electron chi connectivity index (χ2n) is 2.13. The van der Waals surface area contributed by atoms with Gasteiger partial charge in [-0.2, -0.15) is 0 Å². The summed E-state index contributed by atoms with van der Waals surface area (Å²) >= 11 is 0. The number of hydrogen-bond acceptors (Lipinski definition) is 6. The van der Waals surface area contributed by atoms with Gasteiger partial charge in [0.05, 0.1) is 6.42 Å². The van der Waals surface area contributed by atoms with Gasteiger partial charge in [-0.1, -0.05) is 0 Å². The lowest BCUT2D eigenvalue weighted by molar-refractivity contribution is -0.161. The summed E-state index contributed by atoms with van der Waals surface area (Å²) in [5, 5.41) is 24.7. The average Bonchev–Trinajstić information content (AvgIpc) is 1.96. The fraction of sp³-hybridized carbons (Fsp3) is 0.500. The van der Waals surface area contributed by atoms with Crippen LogP contribution in [0.15, 0.2) is 0 Å². The maximum Gasteiger partial charge on any atom is 0.333 e. The van der Waals surface area contributed by atoms with E-state index in [1.165, 1.54) is 0 Å². The second kappa shape index (κ2) is 8.87. The second-order valence-corrected chi connectivity index (χ2v) is 2.13. The van der Waals surface area contributed by atoms with Crippen LogP contribution >= 0.6 is 0 Å². The maximum absolute atomic E-state index is 10.3. The Morgan fingerprint density at radius 2 is 1.47 bits per heavy atom. The lowest BCUT2D eigenvalue weighted by Crippen LogP contribution is -2.29. The summed E-state index contributed by atoms with van der Waals surface area (Å²) < 4.78 is 4.30. The molecule has 9 heteroatoms. The molecule has 90 valence electrons. The van der Waals surface area contributed by atoms with E-state index in [0.29, 0.717) is 0 Å². The van der Waals surface area contributed by atoms with Crippen molar-refractivity contribution in [3.8, 4) is 0 Å². The van der Waals surface area contributed by atoms with E-state index < -0.39 is 37.0 Å². The van der Waals surface area contributed by atoms with Crippen LogP contribution < -0.4 is 12.3 Å². The third-order valence-corrected chi connectivity index (χ3v) is 1.04. The highest BCUT2D eigenvalue weighted by Crippen LogP contribution is 1.98. The number of ether oxygens (including phenoxy) is 1. The van der Waals surface area contributed by atoms with Crippen molar-refractivity contribution in [1.29, 1.82) is 0 Å². The van der Waals surface area contributed by atoms with Crippen LogP contribution in [0, 0.1) is 0 Å². The first-order valence-corrected chi connectivity index (χ1v) is 3.21. The first kappa shape index (κ1) is 19.0. The summed E-state index contributed by atoms with van der Waals surface area (Å²) in [6, 6.07) is 0. The third-order valence-electron chi connectivity index (χ3n) is 1.04. The summed E-state index contributed by atoms with van der Waals surface area (Å²) in [7, 11) is 0. The minimum atomic E-state index is -1.62. The van der Waals surface area contributed by atoms with Gasteiger partial charge in [0.1, 0.15) is 6.61 Å². The Labute approximate surface area is 84.8 Å². The zero-order valence-electron chi connectivity index (χ0n) is 7.88. The van der Waals surface area contributed by atoms with Crippen LogP contribution in [0.2, 0.25) is 0 Å². The number of hydrogen-bond donors (Lipinski definition) is 5. The first-order chi connectivity index (χ1) is 5.93. The third kappa shape index (κ3) is 10.2. The molecule has 0 rings (SSSR count). The minimum absolute atomic E-state index is 0. The summed E-state index contributed by atoms with van der Waals surface area (Å²) in [6.07, 6.45) is -2.38. The van der Waals surface area contributed by atoms with Crippen LogP contribution in [0.1, 0.15) is 6.42 Å². The molecule has 0 radical (unpaired) electrons. The molecule has 1 unspecified atom stereocenters. The van der Waals surface area contributed by atoms with E-state index in [2.05, 4.69) is 4.74 Å². The topological polar surface area (TPSA) is 191 Å². The van der Waals surface area contributed by atoms with Crippen molar-refractivity contribution in [2.24, 2.45) is 0 Å². The normalized spacial score (nSPS) is 10.4. The van der Waals surface area contributed by atoms with Gasteiger partial charge in [0.25, 0.3) is 0 Å². The minimum Gasteiger partial charge on any atom is -0.481 e. The van der Waals surface area contributed by atoms with Gasteiger partial charge in [-0.25, -0.2) is 9.59 Å². The first-order valence-electron chi connectivity index (χ1n) is 3.21. The molecule has 0 saturated heterocycles. The molecular formula is C6H14N2O7. The number of carboxylic acid groups (broad SMARTS) is 3. The molecule has 0 aromatic rings. The number of aliphatic carboxylic acids is 3. The molecule has 0 heterocycles. The van der Waals surface area contributed by atoms with Crippen molar-refractivity contribution >= 4 is 17.9 Å². The molecule has 0 aromatic carbocycles. The van der Waals surface area contributed by atoms with Crippen molar-refractivity contribution in [2.75, 3.05) is 6.61 Å². The monoisotopic (exact) mass is 226 g/mol. The fourth-order valence-corrected chi connectivity index (χ4v) is 0.548. The highest BCUT2D eigenvalue weighted by Gasteiger charge is 2.22.